The number of rotatable bonds is 5. The van der Waals surface area contributed by atoms with Gasteiger partial charge in [-0.25, -0.2) is 9.79 Å². The lowest BCUT2D eigenvalue weighted by atomic mass is 10.1. The molecule has 0 saturated carbocycles. The fourth-order valence-electron chi connectivity index (χ4n) is 2.44. The first kappa shape index (κ1) is 17.2. The monoisotopic (exact) mass is 401 g/mol. The number of cyclic esters (lactones) is 1. The largest absolute Gasteiger partial charge is 0.492 e. The molecule has 0 saturated heterocycles. The third kappa shape index (κ3) is 3.58. The minimum atomic E-state index is -0.505. The molecular formula is C19H16BrNO4. The summed E-state index contributed by atoms with van der Waals surface area (Å²) < 4.78 is 17.1. The number of aliphatic imine (C=N–C) groups is 1. The Labute approximate surface area is 154 Å². The number of esters is 1. The van der Waals surface area contributed by atoms with Crippen molar-refractivity contribution in [2.75, 3.05) is 13.7 Å². The number of carbonyl (C=O) groups excluding carboxylic acids is 1. The molecule has 1 heterocycles. The molecule has 0 radical (unpaired) electrons. The molecule has 0 atom stereocenters. The van der Waals surface area contributed by atoms with Gasteiger partial charge in [-0.1, -0.05) is 24.3 Å². The van der Waals surface area contributed by atoms with Gasteiger partial charge < -0.3 is 14.2 Å². The van der Waals surface area contributed by atoms with E-state index in [9.17, 15) is 4.79 Å². The van der Waals surface area contributed by atoms with E-state index in [1.54, 1.807) is 13.2 Å². The molecular weight excluding hydrogens is 386 g/mol. The van der Waals surface area contributed by atoms with Crippen LogP contribution in [0.1, 0.15) is 18.1 Å². The summed E-state index contributed by atoms with van der Waals surface area (Å²) in [4.78, 5) is 16.5. The SMILES string of the molecule is CCOc1cccc(/C=C2\N=C(c3ccccc3Br)OC2=O)c1OC. The van der Waals surface area contributed by atoms with Crippen LogP contribution in [0.2, 0.25) is 0 Å². The normalized spacial score (nSPS) is 15.1. The van der Waals surface area contributed by atoms with Crippen molar-refractivity contribution in [1.82, 2.24) is 0 Å². The molecule has 2 aromatic carbocycles. The molecule has 0 unspecified atom stereocenters. The van der Waals surface area contributed by atoms with Crippen molar-refractivity contribution < 1.29 is 19.0 Å². The fraction of sp³-hybridized carbons (Fsp3) is 0.158. The van der Waals surface area contributed by atoms with E-state index in [1.807, 2.05) is 49.4 Å². The Balaban J connectivity index is 2.01. The van der Waals surface area contributed by atoms with E-state index in [0.29, 0.717) is 29.2 Å². The van der Waals surface area contributed by atoms with Crippen LogP contribution in [0.25, 0.3) is 6.08 Å². The Hall–Kier alpha value is -2.60. The molecule has 6 heteroatoms. The quantitative estimate of drug-likeness (QED) is 0.556. The Morgan fingerprint density at radius 1 is 1.20 bits per heavy atom. The highest BCUT2D eigenvalue weighted by Gasteiger charge is 2.26. The van der Waals surface area contributed by atoms with Crippen molar-refractivity contribution in [1.29, 1.82) is 0 Å². The summed E-state index contributed by atoms with van der Waals surface area (Å²) in [6.07, 6.45) is 1.63. The van der Waals surface area contributed by atoms with Gasteiger partial charge in [0.25, 0.3) is 0 Å². The smallest absolute Gasteiger partial charge is 0.363 e. The number of nitrogens with zero attached hydrogens (tertiary/aromatic N) is 1. The second-order valence-electron chi connectivity index (χ2n) is 5.13. The van der Waals surface area contributed by atoms with Crippen molar-refractivity contribution >= 4 is 33.9 Å². The Morgan fingerprint density at radius 3 is 2.72 bits per heavy atom. The van der Waals surface area contributed by atoms with Gasteiger partial charge in [0.1, 0.15) is 0 Å². The van der Waals surface area contributed by atoms with Gasteiger partial charge in [0.2, 0.25) is 5.90 Å². The maximum Gasteiger partial charge on any atom is 0.363 e. The lowest BCUT2D eigenvalue weighted by Gasteiger charge is -2.11. The zero-order valence-electron chi connectivity index (χ0n) is 13.8. The molecule has 0 bridgehead atoms. The topological polar surface area (TPSA) is 57.1 Å². The summed E-state index contributed by atoms with van der Waals surface area (Å²) in [5.41, 5.74) is 1.62. The average Bonchev–Trinajstić information content (AvgIpc) is 2.96. The van der Waals surface area contributed by atoms with Gasteiger partial charge in [-0.15, -0.1) is 0 Å². The van der Waals surface area contributed by atoms with Crippen LogP contribution in [0.5, 0.6) is 11.5 Å². The van der Waals surface area contributed by atoms with E-state index in [2.05, 4.69) is 20.9 Å². The van der Waals surface area contributed by atoms with Gasteiger partial charge in [-0.3, -0.25) is 0 Å². The maximum absolute atomic E-state index is 12.2. The minimum absolute atomic E-state index is 0.206. The van der Waals surface area contributed by atoms with E-state index in [-0.39, 0.29) is 11.6 Å². The number of halogens is 1. The summed E-state index contributed by atoms with van der Waals surface area (Å²) in [6.45, 7) is 2.41. The molecule has 0 N–H and O–H groups in total. The Bertz CT molecular complexity index is 873. The van der Waals surface area contributed by atoms with Crippen molar-refractivity contribution in [3.8, 4) is 11.5 Å². The third-order valence-corrected chi connectivity index (χ3v) is 4.22. The van der Waals surface area contributed by atoms with E-state index in [1.165, 1.54) is 0 Å². The van der Waals surface area contributed by atoms with Crippen LogP contribution in [-0.4, -0.2) is 25.6 Å². The molecule has 0 fully saturated rings. The highest BCUT2D eigenvalue weighted by atomic mass is 79.9. The Kier molecular flexibility index (Phi) is 5.19. The second kappa shape index (κ2) is 7.53. The molecule has 0 aliphatic carbocycles. The lowest BCUT2D eigenvalue weighted by molar-refractivity contribution is -0.129. The van der Waals surface area contributed by atoms with Gasteiger partial charge in [-0.2, -0.15) is 0 Å². The van der Waals surface area contributed by atoms with Crippen molar-refractivity contribution in [2.45, 2.75) is 6.92 Å². The van der Waals surface area contributed by atoms with Gasteiger partial charge in [0.05, 0.1) is 19.3 Å². The number of carbonyl (C=O) groups is 1. The Morgan fingerprint density at radius 2 is 2.00 bits per heavy atom. The van der Waals surface area contributed by atoms with Crippen LogP contribution in [0.15, 0.2) is 57.6 Å². The number of hydrogen-bond acceptors (Lipinski definition) is 5. The second-order valence-corrected chi connectivity index (χ2v) is 5.98. The van der Waals surface area contributed by atoms with Crippen LogP contribution in [0, 0.1) is 0 Å². The van der Waals surface area contributed by atoms with Gasteiger partial charge in [0.15, 0.2) is 17.2 Å². The van der Waals surface area contributed by atoms with E-state index in [4.69, 9.17) is 14.2 Å². The first-order valence-electron chi connectivity index (χ1n) is 7.71. The average molecular weight is 402 g/mol. The molecule has 25 heavy (non-hydrogen) atoms. The molecule has 128 valence electrons. The lowest BCUT2D eigenvalue weighted by Crippen LogP contribution is -2.06. The van der Waals surface area contributed by atoms with Crippen molar-refractivity contribution in [3.63, 3.8) is 0 Å². The summed E-state index contributed by atoms with van der Waals surface area (Å²) in [6, 6.07) is 12.9. The summed E-state index contributed by atoms with van der Waals surface area (Å²) in [7, 11) is 1.56. The first-order valence-corrected chi connectivity index (χ1v) is 8.50. The minimum Gasteiger partial charge on any atom is -0.492 e. The molecule has 2 aromatic rings. The molecule has 5 nitrogen and oxygen atoms in total. The summed E-state index contributed by atoms with van der Waals surface area (Å²) >= 11 is 3.43. The number of hydrogen-bond donors (Lipinski definition) is 0. The maximum atomic E-state index is 12.2. The number of para-hydroxylation sites is 1. The fourth-order valence-corrected chi connectivity index (χ4v) is 2.89. The standard InChI is InChI=1S/C19H16BrNO4/c1-3-24-16-10-6-7-12(17(16)23-2)11-15-19(22)25-18(21-15)13-8-4-5-9-14(13)20/h4-11H,3H2,1-2H3/b15-11-. The highest BCUT2D eigenvalue weighted by Crippen LogP contribution is 2.33. The molecule has 0 spiro atoms. The molecule has 0 aromatic heterocycles. The first-order chi connectivity index (χ1) is 12.1. The number of benzene rings is 2. The summed E-state index contributed by atoms with van der Waals surface area (Å²) in [5.74, 6) is 0.924. The number of ether oxygens (including phenoxy) is 3. The van der Waals surface area contributed by atoms with Crippen molar-refractivity contribution in [3.05, 3.63) is 63.8 Å². The third-order valence-electron chi connectivity index (χ3n) is 3.53. The molecule has 1 aliphatic heterocycles. The predicted octanol–water partition coefficient (Wildman–Crippen LogP) is 4.20. The van der Waals surface area contributed by atoms with Crippen molar-refractivity contribution in [2.24, 2.45) is 4.99 Å². The molecule has 1 aliphatic rings. The highest BCUT2D eigenvalue weighted by molar-refractivity contribution is 9.10. The van der Waals surface area contributed by atoms with Gasteiger partial charge >= 0.3 is 5.97 Å². The van der Waals surface area contributed by atoms with E-state index < -0.39 is 5.97 Å². The van der Waals surface area contributed by atoms with E-state index in [0.717, 1.165) is 4.47 Å². The van der Waals surface area contributed by atoms with Crippen LogP contribution >= 0.6 is 15.9 Å². The van der Waals surface area contributed by atoms with Crippen LogP contribution < -0.4 is 9.47 Å². The molecule has 3 rings (SSSR count). The predicted molar refractivity (Wildman–Crippen MR) is 98.9 cm³/mol. The van der Waals surface area contributed by atoms with Gasteiger partial charge in [-0.05, 0) is 47.1 Å². The van der Waals surface area contributed by atoms with Crippen LogP contribution in [0.3, 0.4) is 0 Å². The van der Waals surface area contributed by atoms with Gasteiger partial charge in [0, 0.05) is 10.0 Å². The zero-order valence-corrected chi connectivity index (χ0v) is 15.4. The van der Waals surface area contributed by atoms with Crippen LogP contribution in [-0.2, 0) is 9.53 Å². The van der Waals surface area contributed by atoms with E-state index >= 15 is 0 Å². The zero-order chi connectivity index (χ0) is 17.8. The molecule has 0 amide bonds. The summed E-state index contributed by atoms with van der Waals surface area (Å²) in [5, 5.41) is 0. The van der Waals surface area contributed by atoms with Crippen LogP contribution in [0.4, 0.5) is 0 Å². The number of methoxy groups -OCH3 is 1.